The molecule has 2 heterocycles. The van der Waals surface area contributed by atoms with Gasteiger partial charge in [0.15, 0.2) is 5.75 Å². The smallest absolute Gasteiger partial charge is 0.348 e. The van der Waals surface area contributed by atoms with Crippen molar-refractivity contribution in [3.05, 3.63) is 17.1 Å². The first-order valence-corrected chi connectivity index (χ1v) is 5.29. The number of ether oxygens (including phenoxy) is 2. The van der Waals surface area contributed by atoms with Gasteiger partial charge in [0.2, 0.25) is 0 Å². The van der Waals surface area contributed by atoms with Gasteiger partial charge in [0.05, 0.1) is 31.5 Å². The van der Waals surface area contributed by atoms with Crippen LogP contribution in [0.25, 0.3) is 10.2 Å². The van der Waals surface area contributed by atoms with Gasteiger partial charge in [0, 0.05) is 0 Å². The quantitative estimate of drug-likeness (QED) is 0.805. The fourth-order valence-corrected chi connectivity index (χ4v) is 2.33. The van der Waals surface area contributed by atoms with Crippen molar-refractivity contribution in [2.75, 3.05) is 20.0 Å². The first kappa shape index (κ1) is 10.7. The molecule has 2 aromatic rings. The third kappa shape index (κ3) is 1.57. The number of aromatic nitrogens is 1. The Morgan fingerprint density at radius 2 is 2.25 bits per heavy atom. The molecule has 0 aliphatic heterocycles. The highest BCUT2D eigenvalue weighted by molar-refractivity contribution is 7.20. The van der Waals surface area contributed by atoms with E-state index >= 15 is 0 Å². The third-order valence-electron chi connectivity index (χ3n) is 2.13. The molecule has 5 nitrogen and oxygen atoms in total. The number of hydrogen-bond donors (Lipinski definition) is 1. The van der Waals surface area contributed by atoms with Crippen LogP contribution in [-0.4, -0.2) is 25.2 Å². The van der Waals surface area contributed by atoms with Gasteiger partial charge in [0.25, 0.3) is 0 Å². The zero-order valence-corrected chi connectivity index (χ0v) is 9.63. The Bertz CT molecular complexity index is 550. The zero-order chi connectivity index (χ0) is 11.7. The lowest BCUT2D eigenvalue weighted by molar-refractivity contribution is 0.0606. The van der Waals surface area contributed by atoms with Crippen LogP contribution in [0.2, 0.25) is 0 Å². The van der Waals surface area contributed by atoms with Crippen LogP contribution >= 0.6 is 11.3 Å². The second-order valence-electron chi connectivity index (χ2n) is 3.07. The predicted molar refractivity (Wildman–Crippen MR) is 61.9 cm³/mol. The summed E-state index contributed by atoms with van der Waals surface area (Å²) in [6, 6.07) is 1.67. The van der Waals surface area contributed by atoms with Gasteiger partial charge in [-0.1, -0.05) is 0 Å². The minimum absolute atomic E-state index is 0.386. The molecule has 0 saturated heterocycles. The van der Waals surface area contributed by atoms with Gasteiger partial charge in [-0.15, -0.1) is 11.3 Å². The summed E-state index contributed by atoms with van der Waals surface area (Å²) in [5.74, 6) is 0.153. The number of fused-ring (bicyclic) bond motifs is 1. The van der Waals surface area contributed by atoms with Crippen LogP contribution in [-0.2, 0) is 4.74 Å². The summed E-state index contributed by atoms with van der Waals surface area (Å²) in [6.07, 6.45) is 1.51. The summed E-state index contributed by atoms with van der Waals surface area (Å²) in [5.41, 5.74) is 6.16. The minimum atomic E-state index is -0.386. The van der Waals surface area contributed by atoms with Gasteiger partial charge < -0.3 is 15.2 Å². The summed E-state index contributed by atoms with van der Waals surface area (Å²) in [4.78, 5) is 16.7. The summed E-state index contributed by atoms with van der Waals surface area (Å²) in [7, 11) is 2.87. The van der Waals surface area contributed by atoms with Crippen LogP contribution in [0.4, 0.5) is 5.69 Å². The van der Waals surface area contributed by atoms with Gasteiger partial charge in [0.1, 0.15) is 9.71 Å². The van der Waals surface area contributed by atoms with Gasteiger partial charge in [-0.2, -0.15) is 0 Å². The van der Waals surface area contributed by atoms with Crippen molar-refractivity contribution >= 4 is 33.2 Å². The van der Waals surface area contributed by atoms with Crippen LogP contribution in [0, 0.1) is 0 Å². The fraction of sp³-hybridized carbons (Fsp3) is 0.200. The number of nitrogens with two attached hydrogens (primary N) is 1. The molecular weight excluding hydrogens is 228 g/mol. The van der Waals surface area contributed by atoms with Gasteiger partial charge in [-0.3, -0.25) is 0 Å². The first-order valence-electron chi connectivity index (χ1n) is 4.47. The number of esters is 1. The highest BCUT2D eigenvalue weighted by Gasteiger charge is 2.15. The number of anilines is 1. The van der Waals surface area contributed by atoms with Crippen molar-refractivity contribution in [2.24, 2.45) is 0 Å². The SMILES string of the molecule is COC(=O)c1cc2c(OC)c(N)cnc2s1. The first-order chi connectivity index (χ1) is 7.67. The summed E-state index contributed by atoms with van der Waals surface area (Å²) >= 11 is 1.25. The maximum absolute atomic E-state index is 11.4. The molecule has 0 aliphatic carbocycles. The number of methoxy groups -OCH3 is 2. The number of thiophene rings is 1. The number of rotatable bonds is 2. The molecule has 6 heteroatoms. The van der Waals surface area contributed by atoms with E-state index in [4.69, 9.17) is 10.5 Å². The Morgan fingerprint density at radius 1 is 1.50 bits per heavy atom. The Hall–Kier alpha value is -1.82. The molecule has 0 radical (unpaired) electrons. The fourth-order valence-electron chi connectivity index (χ4n) is 1.41. The van der Waals surface area contributed by atoms with Crippen molar-refractivity contribution < 1.29 is 14.3 Å². The highest BCUT2D eigenvalue weighted by atomic mass is 32.1. The summed E-state index contributed by atoms with van der Waals surface area (Å²) < 4.78 is 9.82. The second-order valence-corrected chi connectivity index (χ2v) is 4.10. The minimum Gasteiger partial charge on any atom is -0.494 e. The zero-order valence-electron chi connectivity index (χ0n) is 8.81. The lowest BCUT2D eigenvalue weighted by Gasteiger charge is -2.03. The third-order valence-corrected chi connectivity index (χ3v) is 3.15. The van der Waals surface area contributed by atoms with Gasteiger partial charge >= 0.3 is 5.97 Å². The highest BCUT2D eigenvalue weighted by Crippen LogP contribution is 2.35. The Morgan fingerprint density at radius 3 is 2.88 bits per heavy atom. The van der Waals surface area contributed by atoms with Crippen LogP contribution in [0.1, 0.15) is 9.67 Å². The molecule has 0 aliphatic rings. The molecule has 16 heavy (non-hydrogen) atoms. The lowest BCUT2D eigenvalue weighted by Crippen LogP contribution is -1.96. The van der Waals surface area contributed by atoms with Gasteiger partial charge in [-0.05, 0) is 6.07 Å². The number of nitrogen functional groups attached to an aromatic ring is 1. The van der Waals surface area contributed by atoms with Crippen molar-refractivity contribution in [1.82, 2.24) is 4.98 Å². The van der Waals surface area contributed by atoms with Crippen molar-refractivity contribution in [2.45, 2.75) is 0 Å². The molecule has 0 amide bonds. The number of hydrogen-bond acceptors (Lipinski definition) is 6. The van der Waals surface area contributed by atoms with E-state index < -0.39 is 0 Å². The maximum atomic E-state index is 11.4. The standard InChI is InChI=1S/C10H10N2O3S/c1-14-8-5-3-7(10(13)15-2)16-9(5)12-4-6(8)11/h3-4H,11H2,1-2H3. The molecule has 0 unspecified atom stereocenters. The van der Waals surface area contributed by atoms with E-state index in [0.717, 1.165) is 5.39 Å². The molecule has 0 saturated carbocycles. The van der Waals surface area contributed by atoms with Crippen LogP contribution in [0.5, 0.6) is 5.75 Å². The maximum Gasteiger partial charge on any atom is 0.348 e. The van der Waals surface area contributed by atoms with Crippen LogP contribution in [0.3, 0.4) is 0 Å². The van der Waals surface area contributed by atoms with Crippen molar-refractivity contribution in [1.29, 1.82) is 0 Å². The molecule has 2 aromatic heterocycles. The van der Waals surface area contributed by atoms with E-state index in [9.17, 15) is 4.79 Å². The Balaban J connectivity index is 2.65. The normalized spacial score (nSPS) is 10.4. The molecular formula is C10H10N2O3S. The van der Waals surface area contributed by atoms with E-state index in [1.165, 1.54) is 31.8 Å². The van der Waals surface area contributed by atoms with Crippen molar-refractivity contribution in [3.8, 4) is 5.75 Å². The van der Waals surface area contributed by atoms with E-state index in [0.29, 0.717) is 21.1 Å². The number of carbonyl (C=O) groups is 1. The number of nitrogens with zero attached hydrogens (tertiary/aromatic N) is 1. The van der Waals surface area contributed by atoms with E-state index in [1.807, 2.05) is 0 Å². The van der Waals surface area contributed by atoms with Crippen molar-refractivity contribution in [3.63, 3.8) is 0 Å². The molecule has 0 bridgehead atoms. The number of carbonyl (C=O) groups excluding carboxylic acids is 1. The summed E-state index contributed by atoms with van der Waals surface area (Å²) in [6.45, 7) is 0. The van der Waals surface area contributed by atoms with Crippen LogP contribution < -0.4 is 10.5 Å². The average Bonchev–Trinajstić information content (AvgIpc) is 2.71. The largest absolute Gasteiger partial charge is 0.494 e. The molecule has 2 N–H and O–H groups in total. The Labute approximate surface area is 95.8 Å². The summed E-state index contributed by atoms with van der Waals surface area (Å²) in [5, 5.41) is 0.730. The molecule has 84 valence electrons. The van der Waals surface area contributed by atoms with Gasteiger partial charge in [-0.25, -0.2) is 9.78 Å². The second kappa shape index (κ2) is 3.97. The molecule has 0 fully saturated rings. The predicted octanol–water partition coefficient (Wildman–Crippen LogP) is 1.67. The Kier molecular flexibility index (Phi) is 2.66. The average molecular weight is 238 g/mol. The molecule has 0 atom stereocenters. The molecule has 0 spiro atoms. The lowest BCUT2D eigenvalue weighted by atomic mass is 10.2. The van der Waals surface area contributed by atoms with E-state index in [2.05, 4.69) is 9.72 Å². The monoisotopic (exact) mass is 238 g/mol. The molecule has 2 rings (SSSR count). The van der Waals surface area contributed by atoms with E-state index in [1.54, 1.807) is 6.07 Å². The topological polar surface area (TPSA) is 74.4 Å². The number of pyridine rings is 1. The van der Waals surface area contributed by atoms with E-state index in [-0.39, 0.29) is 5.97 Å². The molecule has 0 aromatic carbocycles. The van der Waals surface area contributed by atoms with Crippen LogP contribution in [0.15, 0.2) is 12.3 Å².